The summed E-state index contributed by atoms with van der Waals surface area (Å²) < 4.78 is 1.47. The van der Waals surface area contributed by atoms with Crippen molar-refractivity contribution in [2.75, 3.05) is 31.5 Å². The number of nitrogens with one attached hydrogen (secondary N) is 2. The molecule has 0 bridgehead atoms. The fraction of sp³-hybridized carbons (Fsp3) is 0.542. The van der Waals surface area contributed by atoms with Crippen molar-refractivity contribution < 1.29 is 4.79 Å². The van der Waals surface area contributed by atoms with Gasteiger partial charge in [0, 0.05) is 44.5 Å². The van der Waals surface area contributed by atoms with E-state index in [-0.39, 0.29) is 11.8 Å². The zero-order valence-electron chi connectivity index (χ0n) is 19.8. The largest absolute Gasteiger partial charge is 0.354 e. The molecule has 2 aliphatic rings. The SMILES string of the molecule is CCN(Cc1ccc(-n2ccc(NC(=O)N3CCNC[C@H]3N)nc2=O)cc1)C1CCC(N)CC1. The molecule has 1 saturated carbocycles. The average Bonchev–Trinajstić information content (AvgIpc) is 2.84. The van der Waals surface area contributed by atoms with Gasteiger partial charge in [0.25, 0.3) is 0 Å². The number of carbonyl (C=O) groups excluding carboxylic acids is 1. The van der Waals surface area contributed by atoms with E-state index in [0.717, 1.165) is 44.5 Å². The van der Waals surface area contributed by atoms with Crippen molar-refractivity contribution in [1.29, 1.82) is 0 Å². The Hall–Kier alpha value is -2.79. The molecule has 1 aromatic heterocycles. The monoisotopic (exact) mass is 468 g/mol. The van der Waals surface area contributed by atoms with Crippen LogP contribution in [0, 0.1) is 0 Å². The summed E-state index contributed by atoms with van der Waals surface area (Å²) in [4.78, 5) is 33.2. The first-order valence-electron chi connectivity index (χ1n) is 12.2. The third-order valence-corrected chi connectivity index (χ3v) is 6.85. The highest BCUT2D eigenvalue weighted by Gasteiger charge is 2.24. The van der Waals surface area contributed by atoms with E-state index in [0.29, 0.717) is 31.7 Å². The Morgan fingerprint density at radius 3 is 2.56 bits per heavy atom. The van der Waals surface area contributed by atoms with Gasteiger partial charge < -0.3 is 21.7 Å². The molecule has 1 aromatic carbocycles. The number of nitrogens with two attached hydrogens (primary N) is 2. The van der Waals surface area contributed by atoms with Crippen molar-refractivity contribution >= 4 is 11.8 Å². The van der Waals surface area contributed by atoms with Crippen LogP contribution in [0.2, 0.25) is 0 Å². The molecule has 1 aliphatic heterocycles. The number of urea groups is 1. The molecule has 10 heteroatoms. The Balaban J connectivity index is 1.39. The van der Waals surface area contributed by atoms with Gasteiger partial charge in [0.2, 0.25) is 0 Å². The lowest BCUT2D eigenvalue weighted by molar-refractivity contribution is 0.149. The highest BCUT2D eigenvalue weighted by atomic mass is 16.2. The number of aromatic nitrogens is 2. The summed E-state index contributed by atoms with van der Waals surface area (Å²) in [6, 6.07) is 10.2. The standard InChI is InChI=1S/C24H36N8O2/c1-2-30(19-9-5-18(25)6-10-19)16-17-3-7-20(8-4-17)31-13-11-22(28-23(31)33)29-24(34)32-14-12-27-15-21(32)26/h3-4,7-8,11,13,18-19,21,27H,2,5-6,9-10,12,14-16,25-26H2,1H3,(H,28,29,33,34)/t18?,19?,21-/m0/s1. The fourth-order valence-electron chi connectivity index (χ4n) is 4.79. The molecule has 10 nitrogen and oxygen atoms in total. The number of hydrogen-bond donors (Lipinski definition) is 4. The van der Waals surface area contributed by atoms with Crippen LogP contribution in [-0.4, -0.2) is 69.8 Å². The predicted molar refractivity (Wildman–Crippen MR) is 133 cm³/mol. The Morgan fingerprint density at radius 1 is 1.18 bits per heavy atom. The van der Waals surface area contributed by atoms with E-state index >= 15 is 0 Å². The normalized spacial score (nSPS) is 23.2. The van der Waals surface area contributed by atoms with E-state index in [4.69, 9.17) is 11.5 Å². The van der Waals surface area contributed by atoms with Crippen molar-refractivity contribution in [1.82, 2.24) is 24.7 Å². The number of carbonyl (C=O) groups is 1. The number of anilines is 1. The van der Waals surface area contributed by atoms with Gasteiger partial charge in [-0.3, -0.25) is 14.8 Å². The lowest BCUT2D eigenvalue weighted by Crippen LogP contribution is -2.58. The second kappa shape index (κ2) is 11.1. The van der Waals surface area contributed by atoms with Crippen molar-refractivity contribution in [2.24, 2.45) is 11.5 Å². The highest BCUT2D eigenvalue weighted by Crippen LogP contribution is 2.23. The van der Waals surface area contributed by atoms with Crippen LogP contribution in [0.1, 0.15) is 38.2 Å². The molecular formula is C24H36N8O2. The number of amides is 2. The topological polar surface area (TPSA) is 135 Å². The van der Waals surface area contributed by atoms with Gasteiger partial charge in [-0.15, -0.1) is 0 Å². The molecule has 184 valence electrons. The average molecular weight is 469 g/mol. The highest BCUT2D eigenvalue weighted by molar-refractivity contribution is 5.88. The first kappa shape index (κ1) is 24.3. The fourth-order valence-corrected chi connectivity index (χ4v) is 4.79. The molecule has 34 heavy (non-hydrogen) atoms. The summed E-state index contributed by atoms with van der Waals surface area (Å²) in [6.45, 7) is 5.78. The van der Waals surface area contributed by atoms with Gasteiger partial charge in [0.05, 0.1) is 11.9 Å². The van der Waals surface area contributed by atoms with Gasteiger partial charge in [-0.2, -0.15) is 4.98 Å². The van der Waals surface area contributed by atoms with Gasteiger partial charge in [-0.1, -0.05) is 19.1 Å². The number of piperazine rings is 1. The molecule has 2 aromatic rings. The number of hydrogen-bond acceptors (Lipinski definition) is 7. The molecule has 6 N–H and O–H groups in total. The third-order valence-electron chi connectivity index (χ3n) is 6.85. The van der Waals surface area contributed by atoms with Crippen LogP contribution in [0.5, 0.6) is 0 Å². The summed E-state index contributed by atoms with van der Waals surface area (Å²) in [5.41, 5.74) is 13.5. The maximum atomic E-state index is 12.6. The lowest BCUT2D eigenvalue weighted by atomic mass is 9.90. The van der Waals surface area contributed by atoms with Crippen LogP contribution in [0.3, 0.4) is 0 Å². The summed E-state index contributed by atoms with van der Waals surface area (Å²) in [7, 11) is 0. The summed E-state index contributed by atoms with van der Waals surface area (Å²) >= 11 is 0. The molecule has 0 unspecified atom stereocenters. The van der Waals surface area contributed by atoms with Crippen LogP contribution < -0.4 is 27.8 Å². The van der Waals surface area contributed by atoms with Crippen molar-refractivity contribution in [2.45, 2.75) is 57.4 Å². The lowest BCUT2D eigenvalue weighted by Gasteiger charge is -2.35. The maximum absolute atomic E-state index is 12.6. The number of rotatable bonds is 6. The minimum atomic E-state index is -0.455. The van der Waals surface area contributed by atoms with Crippen molar-refractivity contribution in [3.05, 3.63) is 52.6 Å². The zero-order valence-corrected chi connectivity index (χ0v) is 19.8. The minimum absolute atomic E-state index is 0.208. The molecule has 0 spiro atoms. The molecule has 1 atom stereocenters. The molecule has 1 aliphatic carbocycles. The van der Waals surface area contributed by atoms with Crippen LogP contribution in [0.25, 0.3) is 5.69 Å². The van der Waals surface area contributed by atoms with Gasteiger partial charge >= 0.3 is 11.7 Å². The van der Waals surface area contributed by atoms with Crippen molar-refractivity contribution in [3.63, 3.8) is 0 Å². The van der Waals surface area contributed by atoms with Crippen LogP contribution in [0.15, 0.2) is 41.3 Å². The molecular weight excluding hydrogens is 432 g/mol. The summed E-state index contributed by atoms with van der Waals surface area (Å²) in [5.74, 6) is 0.208. The van der Waals surface area contributed by atoms with E-state index in [1.165, 1.54) is 15.0 Å². The Kier molecular flexibility index (Phi) is 7.94. The minimum Gasteiger partial charge on any atom is -0.328 e. The molecule has 2 amide bonds. The number of nitrogens with zero attached hydrogens (tertiary/aromatic N) is 4. The quantitative estimate of drug-likeness (QED) is 0.498. The summed E-state index contributed by atoms with van der Waals surface area (Å²) in [5, 5.41) is 5.80. The van der Waals surface area contributed by atoms with Gasteiger partial charge in [0.15, 0.2) is 0 Å². The van der Waals surface area contributed by atoms with Gasteiger partial charge in [-0.05, 0) is 56.0 Å². The smallest absolute Gasteiger partial charge is 0.328 e. The van der Waals surface area contributed by atoms with E-state index in [2.05, 4.69) is 39.6 Å². The second-order valence-corrected chi connectivity index (χ2v) is 9.16. The Bertz CT molecular complexity index is 1020. The van der Waals surface area contributed by atoms with Gasteiger partial charge in [-0.25, -0.2) is 9.59 Å². The molecule has 2 heterocycles. The van der Waals surface area contributed by atoms with E-state index in [9.17, 15) is 9.59 Å². The maximum Gasteiger partial charge on any atom is 0.354 e. The Labute approximate surface area is 200 Å². The molecule has 0 radical (unpaired) electrons. The zero-order chi connectivity index (χ0) is 24.1. The van der Waals surface area contributed by atoms with Crippen LogP contribution in [-0.2, 0) is 6.54 Å². The van der Waals surface area contributed by atoms with Crippen molar-refractivity contribution in [3.8, 4) is 5.69 Å². The van der Waals surface area contributed by atoms with Crippen LogP contribution >= 0.6 is 0 Å². The van der Waals surface area contributed by atoms with E-state index in [1.807, 2.05) is 12.1 Å². The molecule has 4 rings (SSSR count). The van der Waals surface area contributed by atoms with E-state index < -0.39 is 11.9 Å². The summed E-state index contributed by atoms with van der Waals surface area (Å²) in [6.07, 6.45) is 5.70. The van der Waals surface area contributed by atoms with E-state index in [1.54, 1.807) is 12.3 Å². The second-order valence-electron chi connectivity index (χ2n) is 9.16. The molecule has 2 fully saturated rings. The number of benzene rings is 1. The third kappa shape index (κ3) is 5.82. The van der Waals surface area contributed by atoms with Crippen LogP contribution in [0.4, 0.5) is 10.6 Å². The predicted octanol–water partition coefficient (Wildman–Crippen LogP) is 1.05. The van der Waals surface area contributed by atoms with Gasteiger partial charge in [0.1, 0.15) is 5.82 Å². The first-order chi connectivity index (χ1) is 16.4. The Morgan fingerprint density at radius 2 is 1.91 bits per heavy atom. The molecule has 1 saturated heterocycles. The first-order valence-corrected chi connectivity index (χ1v) is 12.2.